The monoisotopic (exact) mass is 223 g/mol. The maximum atomic E-state index is 4.15. The highest BCUT2D eigenvalue weighted by atomic mass is 32.1. The van der Waals surface area contributed by atoms with E-state index in [4.69, 9.17) is 0 Å². The Bertz CT molecular complexity index is 408. The molecule has 6 heteroatoms. The third kappa shape index (κ3) is 2.21. The van der Waals surface area contributed by atoms with Gasteiger partial charge in [-0.3, -0.25) is 5.10 Å². The van der Waals surface area contributed by atoms with Gasteiger partial charge in [-0.2, -0.15) is 5.10 Å². The summed E-state index contributed by atoms with van der Waals surface area (Å²) < 4.78 is 0. The number of H-pyrrole nitrogens is 1. The summed E-state index contributed by atoms with van der Waals surface area (Å²) in [5.74, 6) is 0. The van der Waals surface area contributed by atoms with Gasteiger partial charge in [-0.25, -0.2) is 0 Å². The molecule has 80 valence electrons. The number of aromatic nitrogens is 4. The normalized spacial score (nSPS) is 12.9. The SMILES string of the molecule is CCNC(C)c1nnc(-c2ccn[nH]2)s1. The lowest BCUT2D eigenvalue weighted by Gasteiger charge is -2.06. The molecule has 1 unspecified atom stereocenters. The molecule has 0 radical (unpaired) electrons. The van der Waals surface area contributed by atoms with Crippen LogP contribution in [0.5, 0.6) is 0 Å². The van der Waals surface area contributed by atoms with Crippen LogP contribution in [0, 0.1) is 0 Å². The van der Waals surface area contributed by atoms with Gasteiger partial charge in [0.1, 0.15) is 5.01 Å². The molecule has 0 spiro atoms. The van der Waals surface area contributed by atoms with Crippen LogP contribution in [0.1, 0.15) is 24.9 Å². The average Bonchev–Trinajstić information content (AvgIpc) is 2.89. The Balaban J connectivity index is 2.17. The van der Waals surface area contributed by atoms with Crippen molar-refractivity contribution in [3.05, 3.63) is 17.3 Å². The fraction of sp³-hybridized carbons (Fsp3) is 0.444. The van der Waals surface area contributed by atoms with Crippen molar-refractivity contribution in [1.29, 1.82) is 0 Å². The van der Waals surface area contributed by atoms with Crippen LogP contribution < -0.4 is 5.32 Å². The summed E-state index contributed by atoms with van der Waals surface area (Å²) in [5, 5.41) is 20.2. The molecule has 0 bridgehead atoms. The molecule has 2 N–H and O–H groups in total. The predicted molar refractivity (Wildman–Crippen MR) is 59.6 cm³/mol. The summed E-state index contributed by atoms with van der Waals surface area (Å²) in [7, 11) is 0. The summed E-state index contributed by atoms with van der Waals surface area (Å²) >= 11 is 1.58. The Hall–Kier alpha value is -1.27. The zero-order valence-electron chi connectivity index (χ0n) is 8.69. The molecule has 0 saturated carbocycles. The van der Waals surface area contributed by atoms with Gasteiger partial charge in [0, 0.05) is 6.20 Å². The van der Waals surface area contributed by atoms with Crippen LogP contribution in [-0.4, -0.2) is 26.9 Å². The molecule has 0 aliphatic carbocycles. The van der Waals surface area contributed by atoms with Crippen LogP contribution in [0.2, 0.25) is 0 Å². The van der Waals surface area contributed by atoms with Crippen LogP contribution in [-0.2, 0) is 0 Å². The molecule has 2 aromatic rings. The molecule has 2 heterocycles. The Morgan fingerprint density at radius 3 is 3.07 bits per heavy atom. The van der Waals surface area contributed by atoms with Crippen molar-refractivity contribution in [3.63, 3.8) is 0 Å². The second-order valence-corrected chi connectivity index (χ2v) is 4.20. The molecule has 5 nitrogen and oxygen atoms in total. The van der Waals surface area contributed by atoms with Crippen molar-refractivity contribution in [1.82, 2.24) is 25.7 Å². The Morgan fingerprint density at radius 1 is 1.53 bits per heavy atom. The van der Waals surface area contributed by atoms with E-state index in [2.05, 4.69) is 39.6 Å². The van der Waals surface area contributed by atoms with Crippen LogP contribution in [0.3, 0.4) is 0 Å². The van der Waals surface area contributed by atoms with E-state index in [1.807, 2.05) is 6.07 Å². The number of rotatable bonds is 4. The van der Waals surface area contributed by atoms with E-state index in [-0.39, 0.29) is 6.04 Å². The predicted octanol–water partition coefficient (Wildman–Crippen LogP) is 1.60. The molecule has 15 heavy (non-hydrogen) atoms. The smallest absolute Gasteiger partial charge is 0.165 e. The summed E-state index contributed by atoms with van der Waals surface area (Å²) in [5.41, 5.74) is 0.919. The highest BCUT2D eigenvalue weighted by Crippen LogP contribution is 2.24. The summed E-state index contributed by atoms with van der Waals surface area (Å²) in [6.45, 7) is 5.09. The summed E-state index contributed by atoms with van der Waals surface area (Å²) in [6, 6.07) is 2.14. The lowest BCUT2D eigenvalue weighted by molar-refractivity contribution is 0.590. The number of hydrogen-bond acceptors (Lipinski definition) is 5. The molecule has 0 aliphatic heterocycles. The number of nitrogens with zero attached hydrogens (tertiary/aromatic N) is 3. The third-order valence-corrected chi connectivity index (χ3v) is 3.19. The minimum atomic E-state index is 0.254. The van der Waals surface area contributed by atoms with Crippen LogP contribution in [0.4, 0.5) is 0 Å². The molecule has 2 aromatic heterocycles. The quantitative estimate of drug-likeness (QED) is 0.826. The molecule has 1 atom stereocenters. The molecular weight excluding hydrogens is 210 g/mol. The second-order valence-electron chi connectivity index (χ2n) is 3.20. The zero-order chi connectivity index (χ0) is 10.7. The van der Waals surface area contributed by atoms with Crippen molar-refractivity contribution >= 4 is 11.3 Å². The lowest BCUT2D eigenvalue weighted by Crippen LogP contribution is -2.17. The van der Waals surface area contributed by atoms with Gasteiger partial charge in [0.05, 0.1) is 11.7 Å². The number of nitrogens with one attached hydrogen (secondary N) is 2. The Labute approximate surface area is 91.9 Å². The van der Waals surface area contributed by atoms with E-state index in [9.17, 15) is 0 Å². The fourth-order valence-corrected chi connectivity index (χ4v) is 2.13. The molecular formula is C9H13N5S. The molecule has 2 rings (SSSR count). The lowest BCUT2D eigenvalue weighted by atomic mass is 10.3. The van der Waals surface area contributed by atoms with Gasteiger partial charge in [0.2, 0.25) is 0 Å². The van der Waals surface area contributed by atoms with Crippen molar-refractivity contribution < 1.29 is 0 Å². The highest BCUT2D eigenvalue weighted by Gasteiger charge is 2.12. The van der Waals surface area contributed by atoms with Crippen LogP contribution in [0.15, 0.2) is 12.3 Å². The highest BCUT2D eigenvalue weighted by molar-refractivity contribution is 7.14. The van der Waals surface area contributed by atoms with Crippen LogP contribution >= 0.6 is 11.3 Å². The molecule has 0 amide bonds. The van der Waals surface area contributed by atoms with Gasteiger partial charge < -0.3 is 5.32 Å². The van der Waals surface area contributed by atoms with Gasteiger partial charge in [-0.05, 0) is 19.5 Å². The van der Waals surface area contributed by atoms with E-state index < -0.39 is 0 Å². The Kier molecular flexibility index (Phi) is 3.08. The summed E-state index contributed by atoms with van der Waals surface area (Å²) in [4.78, 5) is 0. The minimum Gasteiger partial charge on any atom is -0.308 e. The maximum absolute atomic E-state index is 4.15. The largest absolute Gasteiger partial charge is 0.308 e. The van der Waals surface area contributed by atoms with E-state index in [1.54, 1.807) is 17.5 Å². The van der Waals surface area contributed by atoms with Gasteiger partial charge in [0.15, 0.2) is 5.01 Å². The van der Waals surface area contributed by atoms with Crippen molar-refractivity contribution in [3.8, 4) is 10.7 Å². The molecule has 0 fully saturated rings. The first-order valence-electron chi connectivity index (χ1n) is 4.87. The maximum Gasteiger partial charge on any atom is 0.165 e. The zero-order valence-corrected chi connectivity index (χ0v) is 9.51. The van der Waals surface area contributed by atoms with E-state index in [0.717, 1.165) is 22.3 Å². The first kappa shape index (κ1) is 10.3. The first-order valence-corrected chi connectivity index (χ1v) is 5.69. The number of aromatic amines is 1. The van der Waals surface area contributed by atoms with Crippen molar-refractivity contribution in [2.24, 2.45) is 0 Å². The second kappa shape index (κ2) is 4.50. The Morgan fingerprint density at radius 2 is 2.40 bits per heavy atom. The van der Waals surface area contributed by atoms with Crippen LogP contribution in [0.25, 0.3) is 10.7 Å². The van der Waals surface area contributed by atoms with Crippen molar-refractivity contribution in [2.75, 3.05) is 6.54 Å². The molecule has 0 saturated heterocycles. The van der Waals surface area contributed by atoms with Gasteiger partial charge in [0.25, 0.3) is 0 Å². The summed E-state index contributed by atoms with van der Waals surface area (Å²) in [6.07, 6.45) is 1.71. The van der Waals surface area contributed by atoms with Gasteiger partial charge in [-0.1, -0.05) is 18.3 Å². The fourth-order valence-electron chi connectivity index (χ4n) is 1.29. The van der Waals surface area contributed by atoms with Crippen molar-refractivity contribution in [2.45, 2.75) is 19.9 Å². The molecule has 0 aliphatic rings. The van der Waals surface area contributed by atoms with Gasteiger partial charge >= 0.3 is 0 Å². The standard InChI is InChI=1S/C9H13N5S/c1-3-10-6(2)8-13-14-9(15-8)7-4-5-11-12-7/h4-6,10H,3H2,1-2H3,(H,11,12). The van der Waals surface area contributed by atoms with E-state index in [1.165, 1.54) is 0 Å². The first-order chi connectivity index (χ1) is 7.31. The molecule has 0 aromatic carbocycles. The average molecular weight is 223 g/mol. The number of hydrogen-bond donors (Lipinski definition) is 2. The van der Waals surface area contributed by atoms with E-state index >= 15 is 0 Å². The topological polar surface area (TPSA) is 66.5 Å². The minimum absolute atomic E-state index is 0.254. The van der Waals surface area contributed by atoms with Gasteiger partial charge in [-0.15, -0.1) is 10.2 Å². The third-order valence-electron chi connectivity index (χ3n) is 2.05. The van der Waals surface area contributed by atoms with E-state index in [0.29, 0.717) is 0 Å².